The summed E-state index contributed by atoms with van der Waals surface area (Å²) in [4.78, 5) is 16.6. The average molecular weight is 345 g/mol. The predicted molar refractivity (Wildman–Crippen MR) is 90.4 cm³/mol. The zero-order valence-electron chi connectivity index (χ0n) is 14.4. The smallest absolute Gasteiger partial charge is 0.257 e. The third kappa shape index (κ3) is 3.82. The number of aryl methyl sites for hydroxylation is 2. The van der Waals surface area contributed by atoms with Crippen molar-refractivity contribution in [2.45, 2.75) is 57.8 Å². The van der Waals surface area contributed by atoms with E-state index in [1.54, 1.807) is 31.5 Å². The van der Waals surface area contributed by atoms with Crippen molar-refractivity contribution in [3.63, 3.8) is 0 Å². The fraction of sp³-hybridized carbons (Fsp3) is 0.500. The molecule has 0 aromatic carbocycles. The molecule has 2 N–H and O–H groups in total. The summed E-state index contributed by atoms with van der Waals surface area (Å²) in [7, 11) is 0. The van der Waals surface area contributed by atoms with Crippen LogP contribution in [-0.2, 0) is 6.42 Å². The number of nitrogens with one attached hydrogen (secondary N) is 1. The van der Waals surface area contributed by atoms with E-state index in [9.17, 15) is 9.90 Å². The first-order valence-corrected chi connectivity index (χ1v) is 8.61. The van der Waals surface area contributed by atoms with Gasteiger partial charge in [0.15, 0.2) is 0 Å². The van der Waals surface area contributed by atoms with Crippen molar-refractivity contribution in [3.8, 4) is 5.75 Å². The van der Waals surface area contributed by atoms with Crippen LogP contribution in [0.5, 0.6) is 5.75 Å². The Morgan fingerprint density at radius 1 is 1.48 bits per heavy atom. The van der Waals surface area contributed by atoms with Crippen molar-refractivity contribution in [2.75, 3.05) is 0 Å². The quantitative estimate of drug-likeness (QED) is 0.860. The Labute approximate surface area is 146 Å². The van der Waals surface area contributed by atoms with E-state index >= 15 is 0 Å². The van der Waals surface area contributed by atoms with E-state index in [2.05, 4.69) is 15.5 Å². The number of rotatable bonds is 5. The van der Waals surface area contributed by atoms with Gasteiger partial charge in [0.1, 0.15) is 29.3 Å². The van der Waals surface area contributed by atoms with Crippen LogP contribution in [-0.4, -0.2) is 39.4 Å². The highest BCUT2D eigenvalue weighted by molar-refractivity contribution is 5.96. The molecule has 0 saturated heterocycles. The van der Waals surface area contributed by atoms with Crippen molar-refractivity contribution in [2.24, 2.45) is 0 Å². The molecule has 0 spiro atoms. The summed E-state index contributed by atoms with van der Waals surface area (Å²) in [6.07, 6.45) is 5.01. The molecule has 25 heavy (non-hydrogen) atoms. The molecule has 2 aromatic rings. The summed E-state index contributed by atoms with van der Waals surface area (Å²) in [5.41, 5.74) is 1.09. The van der Waals surface area contributed by atoms with Crippen LogP contribution in [0.25, 0.3) is 0 Å². The van der Waals surface area contributed by atoms with Gasteiger partial charge in [-0.25, -0.2) is 0 Å². The van der Waals surface area contributed by atoms with Crippen LogP contribution in [0.2, 0.25) is 0 Å². The number of pyridine rings is 1. The molecular formula is C18H23N3O4. The van der Waals surface area contributed by atoms with E-state index in [0.29, 0.717) is 35.6 Å². The van der Waals surface area contributed by atoms with Crippen molar-refractivity contribution in [1.29, 1.82) is 0 Å². The Balaban J connectivity index is 1.67. The molecular weight excluding hydrogens is 322 g/mol. The lowest BCUT2D eigenvalue weighted by Gasteiger charge is -2.35. The topological polar surface area (TPSA) is 97.5 Å². The van der Waals surface area contributed by atoms with Gasteiger partial charge in [-0.05, 0) is 44.7 Å². The maximum absolute atomic E-state index is 12.6. The van der Waals surface area contributed by atoms with E-state index in [-0.39, 0.29) is 18.1 Å². The summed E-state index contributed by atoms with van der Waals surface area (Å²) in [5.74, 6) is 0.839. The Bertz CT molecular complexity index is 716. The molecule has 1 aliphatic carbocycles. The Kier molecular flexibility index (Phi) is 5.33. The zero-order valence-corrected chi connectivity index (χ0v) is 14.4. The summed E-state index contributed by atoms with van der Waals surface area (Å²) >= 11 is 0. The Morgan fingerprint density at radius 2 is 2.32 bits per heavy atom. The second-order valence-electron chi connectivity index (χ2n) is 6.26. The average Bonchev–Trinajstić information content (AvgIpc) is 3.00. The molecule has 0 unspecified atom stereocenters. The highest BCUT2D eigenvalue weighted by Crippen LogP contribution is 2.25. The van der Waals surface area contributed by atoms with Gasteiger partial charge >= 0.3 is 0 Å². The minimum absolute atomic E-state index is 0.262. The van der Waals surface area contributed by atoms with E-state index in [0.717, 1.165) is 12.8 Å². The monoisotopic (exact) mass is 345 g/mol. The van der Waals surface area contributed by atoms with E-state index in [4.69, 9.17) is 9.26 Å². The SMILES string of the molecule is CCc1noc(C)c1C(=O)N[C@@H]1CCC[C@@H](Oc2cccnc2)[C@@H]1O. The predicted octanol–water partition coefficient (Wildman–Crippen LogP) is 2.03. The lowest BCUT2D eigenvalue weighted by Crippen LogP contribution is -2.52. The minimum atomic E-state index is -0.789. The van der Waals surface area contributed by atoms with Crippen LogP contribution in [0, 0.1) is 6.92 Å². The molecule has 1 amide bonds. The zero-order chi connectivity index (χ0) is 17.8. The second kappa shape index (κ2) is 7.65. The van der Waals surface area contributed by atoms with Crippen LogP contribution < -0.4 is 10.1 Å². The minimum Gasteiger partial charge on any atom is -0.486 e. The van der Waals surface area contributed by atoms with E-state index in [1.165, 1.54) is 0 Å². The van der Waals surface area contributed by atoms with Gasteiger partial charge < -0.3 is 19.7 Å². The maximum atomic E-state index is 12.6. The number of amides is 1. The molecule has 1 saturated carbocycles. The van der Waals surface area contributed by atoms with Crippen LogP contribution >= 0.6 is 0 Å². The van der Waals surface area contributed by atoms with Gasteiger partial charge in [0, 0.05) is 6.20 Å². The number of carbonyl (C=O) groups is 1. The molecule has 1 fully saturated rings. The van der Waals surface area contributed by atoms with Gasteiger partial charge in [0.2, 0.25) is 0 Å². The van der Waals surface area contributed by atoms with Crippen LogP contribution in [0.3, 0.4) is 0 Å². The van der Waals surface area contributed by atoms with Crippen LogP contribution in [0.4, 0.5) is 0 Å². The highest BCUT2D eigenvalue weighted by atomic mass is 16.5. The summed E-state index contributed by atoms with van der Waals surface area (Å²) < 4.78 is 11.0. The van der Waals surface area contributed by atoms with Gasteiger partial charge in [-0.1, -0.05) is 12.1 Å². The van der Waals surface area contributed by atoms with Crippen LogP contribution in [0.15, 0.2) is 29.0 Å². The fourth-order valence-electron chi connectivity index (χ4n) is 3.21. The number of ether oxygens (including phenoxy) is 1. The molecule has 7 nitrogen and oxygen atoms in total. The molecule has 0 bridgehead atoms. The molecule has 7 heteroatoms. The standard InChI is InChI=1S/C18H23N3O4/c1-3-13-16(11(2)25-21-13)18(23)20-14-7-4-8-15(17(14)22)24-12-6-5-9-19-10-12/h5-6,9-10,14-15,17,22H,3-4,7-8H2,1-2H3,(H,20,23)/t14-,15-,17-/m1/s1. The number of hydrogen-bond donors (Lipinski definition) is 2. The maximum Gasteiger partial charge on any atom is 0.257 e. The van der Waals surface area contributed by atoms with Gasteiger partial charge in [0.05, 0.1) is 17.9 Å². The molecule has 0 aliphatic heterocycles. The van der Waals surface area contributed by atoms with Gasteiger partial charge in [0.25, 0.3) is 5.91 Å². The number of aromatic nitrogens is 2. The number of hydrogen-bond acceptors (Lipinski definition) is 6. The third-order valence-corrected chi connectivity index (χ3v) is 4.53. The van der Waals surface area contributed by atoms with Gasteiger partial charge in [-0.15, -0.1) is 0 Å². The van der Waals surface area contributed by atoms with Crippen LogP contribution in [0.1, 0.15) is 48.0 Å². The Morgan fingerprint density at radius 3 is 3.04 bits per heavy atom. The Hall–Kier alpha value is -2.41. The molecule has 0 radical (unpaired) electrons. The molecule has 1 aliphatic rings. The van der Waals surface area contributed by atoms with Gasteiger partial charge in [-0.3, -0.25) is 9.78 Å². The largest absolute Gasteiger partial charge is 0.486 e. The van der Waals surface area contributed by atoms with Crippen molar-refractivity contribution >= 4 is 5.91 Å². The molecule has 3 atom stereocenters. The first-order chi connectivity index (χ1) is 12.1. The van der Waals surface area contributed by atoms with Crippen molar-refractivity contribution in [1.82, 2.24) is 15.5 Å². The van der Waals surface area contributed by atoms with Crippen molar-refractivity contribution in [3.05, 3.63) is 41.5 Å². The molecule has 2 heterocycles. The summed E-state index contributed by atoms with van der Waals surface area (Å²) in [5, 5.41) is 17.5. The lowest BCUT2D eigenvalue weighted by molar-refractivity contribution is -0.0142. The van der Waals surface area contributed by atoms with E-state index < -0.39 is 6.10 Å². The normalized spacial score (nSPS) is 23.2. The van der Waals surface area contributed by atoms with E-state index in [1.807, 2.05) is 6.92 Å². The third-order valence-electron chi connectivity index (χ3n) is 4.53. The highest BCUT2D eigenvalue weighted by Gasteiger charge is 2.35. The second-order valence-corrected chi connectivity index (χ2v) is 6.26. The number of carbonyl (C=O) groups excluding carboxylic acids is 1. The lowest BCUT2D eigenvalue weighted by atomic mass is 9.89. The number of aliphatic hydroxyl groups is 1. The fourth-order valence-corrected chi connectivity index (χ4v) is 3.21. The summed E-state index contributed by atoms with van der Waals surface area (Å²) in [6.45, 7) is 3.63. The van der Waals surface area contributed by atoms with Gasteiger partial charge in [-0.2, -0.15) is 0 Å². The molecule has 3 rings (SSSR count). The van der Waals surface area contributed by atoms with Crippen molar-refractivity contribution < 1.29 is 19.2 Å². The molecule has 2 aromatic heterocycles. The number of aliphatic hydroxyl groups excluding tert-OH is 1. The molecule has 134 valence electrons. The first-order valence-electron chi connectivity index (χ1n) is 8.61. The first kappa shape index (κ1) is 17.4. The summed E-state index contributed by atoms with van der Waals surface area (Å²) in [6, 6.07) is 3.21. The number of nitrogens with zero attached hydrogens (tertiary/aromatic N) is 2.